The van der Waals surface area contributed by atoms with Crippen molar-refractivity contribution in [2.24, 2.45) is 12.0 Å². The normalized spacial score (nSPS) is 17.6. The maximum absolute atomic E-state index is 5.93. The number of benzene rings is 1. The Hall–Kier alpha value is -2.54. The number of nitrogens with zero attached hydrogens (tertiary/aromatic N) is 4. The highest BCUT2D eigenvalue weighted by molar-refractivity contribution is 5.80. The van der Waals surface area contributed by atoms with E-state index < -0.39 is 0 Å². The van der Waals surface area contributed by atoms with Gasteiger partial charge in [-0.3, -0.25) is 9.67 Å². The minimum atomic E-state index is 0.0217. The molecule has 1 aliphatic rings. The first-order valence-corrected chi connectivity index (χ1v) is 9.97. The quantitative estimate of drug-likeness (QED) is 0.586. The van der Waals surface area contributed by atoms with Crippen LogP contribution in [0.5, 0.6) is 5.75 Å². The van der Waals surface area contributed by atoms with Crippen molar-refractivity contribution in [2.45, 2.75) is 25.9 Å². The molecule has 2 aromatic rings. The van der Waals surface area contributed by atoms with E-state index in [1.807, 2.05) is 37.2 Å². The van der Waals surface area contributed by atoms with E-state index in [9.17, 15) is 0 Å². The summed E-state index contributed by atoms with van der Waals surface area (Å²) in [6.07, 6.45) is 5.84. The van der Waals surface area contributed by atoms with E-state index in [0.717, 1.165) is 56.4 Å². The lowest BCUT2D eigenvalue weighted by molar-refractivity contribution is -0.00800. The zero-order chi connectivity index (χ0) is 19.8. The van der Waals surface area contributed by atoms with Crippen LogP contribution in [0.25, 0.3) is 0 Å². The van der Waals surface area contributed by atoms with E-state index in [1.165, 1.54) is 5.56 Å². The SMILES string of the molecule is CCCOc1cccc(CCNC(=NC)N2CCOC(c3cnn(C)c3)C2)c1. The van der Waals surface area contributed by atoms with Crippen molar-refractivity contribution < 1.29 is 9.47 Å². The predicted octanol–water partition coefficient (Wildman–Crippen LogP) is 2.40. The summed E-state index contributed by atoms with van der Waals surface area (Å²) in [6.45, 7) is 5.96. The fourth-order valence-electron chi connectivity index (χ4n) is 3.31. The van der Waals surface area contributed by atoms with E-state index in [4.69, 9.17) is 9.47 Å². The second-order valence-corrected chi connectivity index (χ2v) is 6.97. The molecule has 3 rings (SSSR count). The largest absolute Gasteiger partial charge is 0.494 e. The molecule has 0 radical (unpaired) electrons. The number of hydrogen-bond acceptors (Lipinski definition) is 4. The molecule has 1 saturated heterocycles. The highest BCUT2D eigenvalue weighted by Gasteiger charge is 2.25. The molecule has 1 unspecified atom stereocenters. The van der Waals surface area contributed by atoms with Gasteiger partial charge >= 0.3 is 0 Å². The van der Waals surface area contributed by atoms with Crippen molar-refractivity contribution in [3.63, 3.8) is 0 Å². The molecule has 0 bridgehead atoms. The first-order valence-electron chi connectivity index (χ1n) is 9.97. The lowest BCUT2D eigenvalue weighted by atomic mass is 10.1. The van der Waals surface area contributed by atoms with Crippen molar-refractivity contribution >= 4 is 5.96 Å². The summed E-state index contributed by atoms with van der Waals surface area (Å²) in [4.78, 5) is 6.72. The topological polar surface area (TPSA) is 63.9 Å². The molecular formula is C21H31N5O2. The Morgan fingerprint density at radius 1 is 1.43 bits per heavy atom. The average Bonchev–Trinajstić information content (AvgIpc) is 3.16. The van der Waals surface area contributed by atoms with Crippen LogP contribution in [0, 0.1) is 0 Å². The van der Waals surface area contributed by atoms with Crippen molar-refractivity contribution in [1.82, 2.24) is 20.0 Å². The number of rotatable bonds is 7. The second-order valence-electron chi connectivity index (χ2n) is 6.97. The third kappa shape index (κ3) is 5.48. The fraction of sp³-hybridized carbons (Fsp3) is 0.524. The first-order chi connectivity index (χ1) is 13.7. The Kier molecular flexibility index (Phi) is 7.31. The molecule has 0 spiro atoms. The summed E-state index contributed by atoms with van der Waals surface area (Å²) in [5, 5.41) is 7.74. The maximum Gasteiger partial charge on any atom is 0.193 e. The Morgan fingerprint density at radius 2 is 2.32 bits per heavy atom. The van der Waals surface area contributed by atoms with Gasteiger partial charge in [0, 0.05) is 38.9 Å². The van der Waals surface area contributed by atoms with Gasteiger partial charge in [0.15, 0.2) is 5.96 Å². The Bertz CT molecular complexity index is 774. The molecule has 0 amide bonds. The van der Waals surface area contributed by atoms with Gasteiger partial charge in [0.2, 0.25) is 0 Å². The van der Waals surface area contributed by atoms with Crippen LogP contribution in [0.1, 0.15) is 30.6 Å². The standard InChI is InChI=1S/C21H31N5O2/c1-4-11-27-19-7-5-6-17(13-19)8-9-23-21(22-2)26-10-12-28-20(16-26)18-14-24-25(3)15-18/h5-7,13-15,20H,4,8-12,16H2,1-3H3,(H,22,23). The van der Waals surface area contributed by atoms with E-state index in [2.05, 4.69) is 45.4 Å². The molecule has 0 aliphatic carbocycles. The maximum atomic E-state index is 5.93. The van der Waals surface area contributed by atoms with E-state index in [0.29, 0.717) is 6.61 Å². The Labute approximate surface area is 167 Å². The van der Waals surface area contributed by atoms with Crippen LogP contribution in [0.15, 0.2) is 41.7 Å². The molecule has 1 aromatic carbocycles. The van der Waals surface area contributed by atoms with Gasteiger partial charge in [-0.05, 0) is 30.5 Å². The summed E-state index contributed by atoms with van der Waals surface area (Å²) in [7, 11) is 3.75. The molecule has 1 atom stereocenters. The van der Waals surface area contributed by atoms with Crippen LogP contribution < -0.4 is 10.1 Å². The van der Waals surface area contributed by atoms with Crippen LogP contribution in [0.2, 0.25) is 0 Å². The molecule has 2 heterocycles. The van der Waals surface area contributed by atoms with Crippen LogP contribution in [0.4, 0.5) is 0 Å². The van der Waals surface area contributed by atoms with Gasteiger partial charge in [0.1, 0.15) is 11.9 Å². The summed E-state index contributed by atoms with van der Waals surface area (Å²) < 4.78 is 13.5. The minimum Gasteiger partial charge on any atom is -0.494 e. The molecule has 7 heteroatoms. The molecule has 1 N–H and O–H groups in total. The number of nitrogens with one attached hydrogen (secondary N) is 1. The van der Waals surface area contributed by atoms with Gasteiger partial charge in [-0.1, -0.05) is 19.1 Å². The molecule has 1 aliphatic heterocycles. The van der Waals surface area contributed by atoms with E-state index in [-0.39, 0.29) is 6.10 Å². The number of aromatic nitrogens is 2. The van der Waals surface area contributed by atoms with Gasteiger partial charge < -0.3 is 19.7 Å². The van der Waals surface area contributed by atoms with Crippen molar-refractivity contribution in [1.29, 1.82) is 0 Å². The van der Waals surface area contributed by atoms with Gasteiger partial charge in [-0.15, -0.1) is 0 Å². The zero-order valence-corrected chi connectivity index (χ0v) is 17.1. The molecule has 0 saturated carbocycles. The van der Waals surface area contributed by atoms with Gasteiger partial charge in [-0.25, -0.2) is 0 Å². The molecular weight excluding hydrogens is 354 g/mol. The van der Waals surface area contributed by atoms with Crippen LogP contribution in [-0.2, 0) is 18.2 Å². The second kappa shape index (κ2) is 10.1. The van der Waals surface area contributed by atoms with E-state index in [1.54, 1.807) is 0 Å². The number of aryl methyl sites for hydroxylation is 1. The number of guanidine groups is 1. The highest BCUT2D eigenvalue weighted by Crippen LogP contribution is 2.21. The third-order valence-corrected chi connectivity index (χ3v) is 4.74. The molecule has 1 aromatic heterocycles. The molecule has 7 nitrogen and oxygen atoms in total. The number of morpholine rings is 1. The summed E-state index contributed by atoms with van der Waals surface area (Å²) in [6, 6.07) is 8.32. The lowest BCUT2D eigenvalue weighted by Crippen LogP contribution is -2.48. The molecule has 28 heavy (non-hydrogen) atoms. The van der Waals surface area contributed by atoms with Crippen LogP contribution >= 0.6 is 0 Å². The summed E-state index contributed by atoms with van der Waals surface area (Å²) >= 11 is 0. The fourth-order valence-corrected chi connectivity index (χ4v) is 3.31. The molecule has 1 fully saturated rings. The van der Waals surface area contributed by atoms with Gasteiger partial charge in [0.05, 0.1) is 26.0 Å². The zero-order valence-electron chi connectivity index (χ0n) is 17.1. The van der Waals surface area contributed by atoms with Crippen molar-refractivity contribution in [3.05, 3.63) is 47.8 Å². The van der Waals surface area contributed by atoms with Crippen molar-refractivity contribution in [3.8, 4) is 5.75 Å². The Morgan fingerprint density at radius 3 is 3.07 bits per heavy atom. The van der Waals surface area contributed by atoms with Gasteiger partial charge in [-0.2, -0.15) is 5.10 Å². The Balaban J connectivity index is 1.51. The van der Waals surface area contributed by atoms with Gasteiger partial charge in [0.25, 0.3) is 0 Å². The van der Waals surface area contributed by atoms with Crippen molar-refractivity contribution in [2.75, 3.05) is 39.9 Å². The number of aliphatic imine (C=N–C) groups is 1. The number of hydrogen-bond donors (Lipinski definition) is 1. The molecule has 152 valence electrons. The minimum absolute atomic E-state index is 0.0217. The predicted molar refractivity (Wildman–Crippen MR) is 111 cm³/mol. The summed E-state index contributed by atoms with van der Waals surface area (Å²) in [5.41, 5.74) is 2.36. The lowest BCUT2D eigenvalue weighted by Gasteiger charge is -2.34. The monoisotopic (exact) mass is 385 g/mol. The van der Waals surface area contributed by atoms with Crippen LogP contribution in [0.3, 0.4) is 0 Å². The number of ether oxygens (including phenoxy) is 2. The van der Waals surface area contributed by atoms with E-state index >= 15 is 0 Å². The third-order valence-electron chi connectivity index (χ3n) is 4.74. The smallest absolute Gasteiger partial charge is 0.193 e. The highest BCUT2D eigenvalue weighted by atomic mass is 16.5. The summed E-state index contributed by atoms with van der Waals surface area (Å²) in [5.74, 6) is 1.85. The van der Waals surface area contributed by atoms with Crippen LogP contribution in [-0.4, -0.2) is 60.5 Å². The average molecular weight is 386 g/mol. The first kappa shape index (κ1) is 20.2.